The van der Waals surface area contributed by atoms with Crippen LogP contribution in [0.5, 0.6) is 5.75 Å². The van der Waals surface area contributed by atoms with E-state index in [9.17, 15) is 9.59 Å². The number of nitrogens with zero attached hydrogens (tertiary/aromatic N) is 2. The Morgan fingerprint density at radius 1 is 1.03 bits per heavy atom. The fourth-order valence-corrected chi connectivity index (χ4v) is 3.51. The van der Waals surface area contributed by atoms with E-state index < -0.39 is 0 Å². The number of methoxy groups -OCH3 is 1. The first-order valence-electron chi connectivity index (χ1n) is 9.46. The number of fused-ring (bicyclic) bond motifs is 1. The van der Waals surface area contributed by atoms with Crippen molar-refractivity contribution in [3.63, 3.8) is 0 Å². The number of anilines is 2. The van der Waals surface area contributed by atoms with Crippen LogP contribution < -0.4 is 21.5 Å². The molecule has 0 spiro atoms. The quantitative estimate of drug-likeness (QED) is 0.502. The van der Waals surface area contributed by atoms with Gasteiger partial charge in [0.15, 0.2) is 0 Å². The smallest absolute Gasteiger partial charge is 0.329 e. The van der Waals surface area contributed by atoms with E-state index in [1.54, 1.807) is 47.6 Å². The van der Waals surface area contributed by atoms with Gasteiger partial charge in [-0.25, -0.2) is 4.79 Å². The summed E-state index contributed by atoms with van der Waals surface area (Å²) in [6.45, 7) is 0.386. The van der Waals surface area contributed by atoms with Gasteiger partial charge < -0.3 is 15.8 Å². The summed E-state index contributed by atoms with van der Waals surface area (Å²) in [7, 11) is 3.32. The highest BCUT2D eigenvalue weighted by Crippen LogP contribution is 2.24. The van der Waals surface area contributed by atoms with E-state index in [2.05, 4.69) is 5.32 Å². The highest BCUT2D eigenvalue weighted by molar-refractivity contribution is 6.05. The van der Waals surface area contributed by atoms with Crippen molar-refractivity contribution in [2.24, 2.45) is 7.05 Å². The fourth-order valence-electron chi connectivity index (χ4n) is 3.51. The first kappa shape index (κ1) is 19.3. The Morgan fingerprint density at radius 3 is 2.47 bits per heavy atom. The zero-order chi connectivity index (χ0) is 21.3. The average molecular weight is 402 g/mol. The number of benzene rings is 3. The van der Waals surface area contributed by atoms with Gasteiger partial charge in [-0.1, -0.05) is 30.3 Å². The highest BCUT2D eigenvalue weighted by Gasteiger charge is 2.15. The van der Waals surface area contributed by atoms with Crippen LogP contribution in [0.25, 0.3) is 11.0 Å². The van der Waals surface area contributed by atoms with Crippen molar-refractivity contribution in [2.75, 3.05) is 18.2 Å². The minimum absolute atomic E-state index is 0.129. The minimum Gasteiger partial charge on any atom is -0.494 e. The van der Waals surface area contributed by atoms with Crippen molar-refractivity contribution < 1.29 is 9.53 Å². The molecule has 0 fully saturated rings. The number of amides is 1. The number of ether oxygens (including phenoxy) is 1. The molecule has 0 aliphatic carbocycles. The molecule has 0 saturated heterocycles. The van der Waals surface area contributed by atoms with Crippen LogP contribution in [0.15, 0.2) is 71.5 Å². The summed E-state index contributed by atoms with van der Waals surface area (Å²) in [6, 6.07) is 19.9. The first-order valence-corrected chi connectivity index (χ1v) is 9.46. The van der Waals surface area contributed by atoms with Crippen LogP contribution in [-0.2, 0) is 13.6 Å². The SMILES string of the molecule is COc1cccc2c1n(C)c(=O)n2Cc1ccc(C(=O)Nc2ccccc2N)cc1. The summed E-state index contributed by atoms with van der Waals surface area (Å²) in [6.07, 6.45) is 0. The molecule has 30 heavy (non-hydrogen) atoms. The molecular weight excluding hydrogens is 380 g/mol. The van der Waals surface area contributed by atoms with Gasteiger partial charge in [0.2, 0.25) is 0 Å². The molecule has 1 amide bonds. The Balaban J connectivity index is 1.59. The number of nitrogen functional groups attached to an aromatic ring is 1. The average Bonchev–Trinajstić information content (AvgIpc) is 3.00. The number of aromatic nitrogens is 2. The number of hydrogen-bond acceptors (Lipinski definition) is 4. The molecule has 0 aliphatic rings. The maximum absolute atomic E-state index is 12.8. The van der Waals surface area contributed by atoms with E-state index in [0.717, 1.165) is 16.6 Å². The first-order chi connectivity index (χ1) is 14.5. The third-order valence-corrected chi connectivity index (χ3v) is 5.11. The summed E-state index contributed by atoms with van der Waals surface area (Å²) in [5.74, 6) is 0.407. The molecule has 0 radical (unpaired) electrons. The van der Waals surface area contributed by atoms with Gasteiger partial charge in [-0.3, -0.25) is 13.9 Å². The van der Waals surface area contributed by atoms with E-state index in [1.165, 1.54) is 0 Å². The van der Waals surface area contributed by atoms with Crippen LogP contribution in [0.1, 0.15) is 15.9 Å². The second-order valence-electron chi connectivity index (χ2n) is 6.99. The lowest BCUT2D eigenvalue weighted by atomic mass is 10.1. The molecule has 0 unspecified atom stereocenters. The predicted octanol–water partition coefficient (Wildman–Crippen LogP) is 3.23. The molecule has 1 heterocycles. The molecule has 7 nitrogen and oxygen atoms in total. The lowest BCUT2D eigenvalue weighted by Gasteiger charge is -2.09. The fraction of sp³-hybridized carbons (Fsp3) is 0.130. The highest BCUT2D eigenvalue weighted by atomic mass is 16.5. The summed E-state index contributed by atoms with van der Waals surface area (Å²) >= 11 is 0. The predicted molar refractivity (Wildman–Crippen MR) is 118 cm³/mol. The number of rotatable bonds is 5. The van der Waals surface area contributed by atoms with Crippen LogP contribution in [0, 0.1) is 0 Å². The molecule has 0 atom stereocenters. The Kier molecular flexibility index (Phi) is 5.02. The molecule has 4 rings (SSSR count). The van der Waals surface area contributed by atoms with Gasteiger partial charge in [0.05, 0.1) is 30.5 Å². The zero-order valence-corrected chi connectivity index (χ0v) is 16.8. The molecule has 4 aromatic rings. The lowest BCUT2D eigenvalue weighted by molar-refractivity contribution is 0.102. The Labute approximate surface area is 173 Å². The van der Waals surface area contributed by atoms with Gasteiger partial charge in [-0.15, -0.1) is 0 Å². The van der Waals surface area contributed by atoms with Crippen LogP contribution in [0.4, 0.5) is 11.4 Å². The van der Waals surface area contributed by atoms with Gasteiger partial charge in [0.25, 0.3) is 5.91 Å². The molecule has 3 aromatic carbocycles. The van der Waals surface area contributed by atoms with Crippen molar-refractivity contribution in [1.29, 1.82) is 0 Å². The number of nitrogens with two attached hydrogens (primary N) is 1. The lowest BCUT2D eigenvalue weighted by Crippen LogP contribution is -2.22. The number of carbonyl (C=O) groups excluding carboxylic acids is 1. The number of aryl methyl sites for hydroxylation is 1. The molecule has 3 N–H and O–H groups in total. The van der Waals surface area contributed by atoms with E-state index in [4.69, 9.17) is 10.5 Å². The van der Waals surface area contributed by atoms with Gasteiger partial charge in [-0.2, -0.15) is 0 Å². The van der Waals surface area contributed by atoms with Gasteiger partial charge in [0.1, 0.15) is 11.3 Å². The molecule has 0 bridgehead atoms. The molecule has 152 valence electrons. The molecular formula is C23H22N4O3. The third-order valence-electron chi connectivity index (χ3n) is 5.11. The summed E-state index contributed by atoms with van der Waals surface area (Å²) in [5.41, 5.74) is 9.79. The van der Waals surface area contributed by atoms with Crippen molar-refractivity contribution in [3.8, 4) is 5.75 Å². The standard InChI is InChI=1S/C23H22N4O3/c1-26-21-19(8-5-9-20(21)30-2)27(23(26)29)14-15-10-12-16(13-11-15)22(28)25-18-7-4-3-6-17(18)24/h3-13H,14,24H2,1-2H3,(H,25,28). The summed E-state index contributed by atoms with van der Waals surface area (Å²) < 4.78 is 8.68. The van der Waals surface area contributed by atoms with Crippen molar-refractivity contribution in [3.05, 3.63) is 88.3 Å². The maximum Gasteiger partial charge on any atom is 0.329 e. The minimum atomic E-state index is -0.244. The number of nitrogens with one attached hydrogen (secondary N) is 1. The largest absolute Gasteiger partial charge is 0.494 e. The normalized spacial score (nSPS) is 10.9. The molecule has 7 heteroatoms. The number of para-hydroxylation sites is 3. The van der Waals surface area contributed by atoms with Crippen LogP contribution in [0.3, 0.4) is 0 Å². The van der Waals surface area contributed by atoms with E-state index in [1.807, 2.05) is 42.5 Å². The number of hydrogen-bond donors (Lipinski definition) is 2. The second kappa shape index (κ2) is 7.79. The number of carbonyl (C=O) groups is 1. The van der Waals surface area contributed by atoms with E-state index in [-0.39, 0.29) is 11.6 Å². The molecule has 0 saturated carbocycles. The Hall–Kier alpha value is -4.00. The second-order valence-corrected chi connectivity index (χ2v) is 6.99. The van der Waals surface area contributed by atoms with E-state index in [0.29, 0.717) is 29.2 Å². The van der Waals surface area contributed by atoms with Crippen LogP contribution >= 0.6 is 0 Å². The zero-order valence-electron chi connectivity index (χ0n) is 16.8. The van der Waals surface area contributed by atoms with Gasteiger partial charge >= 0.3 is 5.69 Å². The van der Waals surface area contributed by atoms with Crippen molar-refractivity contribution in [1.82, 2.24) is 9.13 Å². The Bertz CT molecular complexity index is 1290. The van der Waals surface area contributed by atoms with Gasteiger partial charge in [-0.05, 0) is 42.0 Å². The van der Waals surface area contributed by atoms with Gasteiger partial charge in [0, 0.05) is 12.6 Å². The summed E-state index contributed by atoms with van der Waals surface area (Å²) in [4.78, 5) is 25.3. The third kappa shape index (κ3) is 3.41. The van der Waals surface area contributed by atoms with Crippen molar-refractivity contribution in [2.45, 2.75) is 6.54 Å². The topological polar surface area (TPSA) is 91.3 Å². The van der Waals surface area contributed by atoms with E-state index >= 15 is 0 Å². The summed E-state index contributed by atoms with van der Waals surface area (Å²) in [5, 5.41) is 2.81. The maximum atomic E-state index is 12.8. The molecule has 0 aliphatic heterocycles. The van der Waals surface area contributed by atoms with Crippen molar-refractivity contribution >= 4 is 28.3 Å². The molecule has 1 aromatic heterocycles. The number of imidazole rings is 1. The Morgan fingerprint density at radius 2 is 1.77 bits per heavy atom. The monoisotopic (exact) mass is 402 g/mol. The van der Waals surface area contributed by atoms with Crippen LogP contribution in [0.2, 0.25) is 0 Å². The van der Waals surface area contributed by atoms with Crippen LogP contribution in [-0.4, -0.2) is 22.2 Å².